The predicted molar refractivity (Wildman–Crippen MR) is 172 cm³/mol. The molecule has 3 aliphatic heterocycles. The Labute approximate surface area is 270 Å². The van der Waals surface area contributed by atoms with Gasteiger partial charge in [-0.2, -0.15) is 21.6 Å². The summed E-state index contributed by atoms with van der Waals surface area (Å²) in [5, 5.41) is 0. The number of hydrogen-bond acceptors (Lipinski definition) is 7. The summed E-state index contributed by atoms with van der Waals surface area (Å²) in [6.45, 7) is 12.2. The minimum absolute atomic E-state index is 0. The predicted octanol–water partition coefficient (Wildman–Crippen LogP) is 8.48. The van der Waals surface area contributed by atoms with Crippen LogP contribution in [-0.4, -0.2) is 43.4 Å². The van der Waals surface area contributed by atoms with Gasteiger partial charge in [-0.1, -0.05) is 30.7 Å². The molecule has 0 unspecified atom stereocenters. The first-order chi connectivity index (χ1) is 20.8. The molecular weight excluding hydrogens is 620 g/mol. The zero-order valence-corrected chi connectivity index (χ0v) is 27.2. The highest BCUT2D eigenvalue weighted by molar-refractivity contribution is 7.87. The Bertz CT molecular complexity index is 1670. The largest absolute Gasteiger partial charge is 0.534 e. The quantitative estimate of drug-likeness (QED) is 0.185. The van der Waals surface area contributed by atoms with Crippen molar-refractivity contribution in [1.82, 2.24) is 0 Å². The number of rotatable bonds is 3. The van der Waals surface area contributed by atoms with Gasteiger partial charge in [-0.25, -0.2) is 0 Å². The number of hydrogen-bond donors (Lipinski definition) is 0. The number of benzene rings is 2. The second kappa shape index (κ2) is 11.3. The van der Waals surface area contributed by atoms with E-state index in [-0.39, 0.29) is 42.7 Å². The van der Waals surface area contributed by atoms with Crippen molar-refractivity contribution in [3.05, 3.63) is 70.8 Å². The maximum absolute atomic E-state index is 12.6. The van der Waals surface area contributed by atoms with Crippen molar-refractivity contribution >= 4 is 28.5 Å². The molecule has 0 aromatic heterocycles. The highest BCUT2D eigenvalue weighted by Crippen LogP contribution is 2.50. The number of halogens is 3. The van der Waals surface area contributed by atoms with Crippen molar-refractivity contribution in [2.45, 2.75) is 115 Å². The van der Waals surface area contributed by atoms with E-state index in [2.05, 4.69) is 63.1 Å². The van der Waals surface area contributed by atoms with Crippen LogP contribution in [0, 0.1) is 13.8 Å². The third kappa shape index (κ3) is 6.08. The molecule has 5 aliphatic rings. The molecule has 12 heteroatoms. The second-order valence-electron chi connectivity index (χ2n) is 13.7. The van der Waals surface area contributed by atoms with Gasteiger partial charge in [0.1, 0.15) is 22.7 Å². The van der Waals surface area contributed by atoms with Crippen LogP contribution in [0.1, 0.15) is 95.9 Å². The van der Waals surface area contributed by atoms with Crippen molar-refractivity contribution in [1.29, 1.82) is 0 Å². The molecule has 250 valence electrons. The second-order valence-corrected chi connectivity index (χ2v) is 15.3. The van der Waals surface area contributed by atoms with Gasteiger partial charge in [-0.15, -0.1) is 0 Å². The summed E-state index contributed by atoms with van der Waals surface area (Å²) in [5.41, 5.74) is -2.60. The number of alkyl halides is 3. The molecule has 7 nitrogen and oxygen atoms in total. The first-order valence-electron chi connectivity index (χ1n) is 15.3. The first kappa shape index (κ1) is 34.4. The Morgan fingerprint density at radius 2 is 1.22 bits per heavy atom. The smallest absolute Gasteiger partial charge is 0.483 e. The van der Waals surface area contributed by atoms with Gasteiger partial charge in [-0.05, 0) is 116 Å². The van der Waals surface area contributed by atoms with Crippen LogP contribution in [0.25, 0.3) is 11.2 Å². The zero-order valence-electron chi connectivity index (χ0n) is 26.3. The number of ether oxygens (including phenoxy) is 2. The van der Waals surface area contributed by atoms with Crippen LogP contribution in [0.2, 0.25) is 0 Å². The highest BCUT2D eigenvalue weighted by atomic mass is 32.2. The standard InChI is InChI=1S/C19H25BO3.C14H13F3O4S.CH4/c1-13-7-8-16-14(11-13)15(12-19(21-16)9-6-10-19)20-22-17(2,3)18(4,5)23-20;1-9-3-4-11-10(7-9)12(8-13(20-11)5-2-6-13)21-22(18,19)14(15,16)17;/h7-8,11-12H,6,9-10H2,1-5H3;3-4,7-8H,2,5-6H2,1H3;1H4. The van der Waals surface area contributed by atoms with Gasteiger partial charge < -0.3 is 23.0 Å². The van der Waals surface area contributed by atoms with Gasteiger partial charge in [0.2, 0.25) is 0 Å². The topological polar surface area (TPSA) is 80.3 Å². The molecule has 2 aromatic carbocycles. The first-order valence-corrected chi connectivity index (χ1v) is 16.7. The third-order valence-electron chi connectivity index (χ3n) is 9.68. The van der Waals surface area contributed by atoms with Crippen LogP contribution in [0.3, 0.4) is 0 Å². The molecule has 3 heterocycles. The lowest BCUT2D eigenvalue weighted by Crippen LogP contribution is -2.44. The van der Waals surface area contributed by atoms with E-state index < -0.39 is 21.2 Å². The maximum atomic E-state index is 12.6. The fraction of sp³-hybridized carbons (Fsp3) is 0.529. The molecule has 2 aromatic rings. The van der Waals surface area contributed by atoms with E-state index in [4.69, 9.17) is 18.8 Å². The van der Waals surface area contributed by atoms with Gasteiger partial charge in [0.15, 0.2) is 5.76 Å². The van der Waals surface area contributed by atoms with Crippen LogP contribution >= 0.6 is 0 Å². The van der Waals surface area contributed by atoms with Gasteiger partial charge in [-0.3, -0.25) is 0 Å². The molecule has 0 radical (unpaired) electrons. The van der Waals surface area contributed by atoms with Crippen LogP contribution in [0.4, 0.5) is 13.2 Å². The summed E-state index contributed by atoms with van der Waals surface area (Å²) in [6.07, 6.45) is 9.05. The molecule has 0 amide bonds. The zero-order chi connectivity index (χ0) is 32.6. The summed E-state index contributed by atoms with van der Waals surface area (Å²) in [6, 6.07) is 11.3. The Balaban J connectivity index is 0.000000178. The minimum atomic E-state index is -5.71. The fourth-order valence-electron chi connectivity index (χ4n) is 6.00. The lowest BCUT2D eigenvalue weighted by Gasteiger charge is -2.43. The van der Waals surface area contributed by atoms with Crippen molar-refractivity contribution in [2.24, 2.45) is 0 Å². The van der Waals surface area contributed by atoms with Crippen LogP contribution in [0.5, 0.6) is 11.5 Å². The van der Waals surface area contributed by atoms with Crippen molar-refractivity contribution in [3.8, 4) is 11.5 Å². The van der Waals surface area contributed by atoms with Gasteiger partial charge >= 0.3 is 22.7 Å². The fourth-order valence-corrected chi connectivity index (χ4v) is 6.47. The molecule has 7 rings (SSSR count). The van der Waals surface area contributed by atoms with E-state index in [1.165, 1.54) is 18.1 Å². The molecule has 2 spiro atoms. The molecule has 46 heavy (non-hydrogen) atoms. The van der Waals surface area contributed by atoms with E-state index in [1.807, 2.05) is 0 Å². The molecule has 0 atom stereocenters. The molecule has 0 N–H and O–H groups in total. The lowest BCUT2D eigenvalue weighted by molar-refractivity contribution is -0.0512. The Morgan fingerprint density at radius 1 is 0.761 bits per heavy atom. The van der Waals surface area contributed by atoms with E-state index in [0.29, 0.717) is 18.6 Å². The highest BCUT2D eigenvalue weighted by Gasteiger charge is 2.55. The minimum Gasteiger partial charge on any atom is -0.483 e. The SMILES string of the molecule is C.Cc1ccc2c(c1)C(B1OC(C)(C)C(C)(C)O1)=CC1(CCC1)O2.Cc1ccc2c(c1)C(OS(=O)(=O)C(F)(F)F)=CC1(CCC1)O2. The Morgan fingerprint density at radius 3 is 1.67 bits per heavy atom. The summed E-state index contributed by atoms with van der Waals surface area (Å²) in [4.78, 5) is 0. The van der Waals surface area contributed by atoms with E-state index in [9.17, 15) is 21.6 Å². The summed E-state index contributed by atoms with van der Waals surface area (Å²) in [5.74, 6) is 0.977. The van der Waals surface area contributed by atoms with Crippen LogP contribution in [-0.2, 0) is 23.6 Å². The molecule has 2 aliphatic carbocycles. The van der Waals surface area contributed by atoms with E-state index >= 15 is 0 Å². The van der Waals surface area contributed by atoms with Crippen LogP contribution in [0.15, 0.2) is 48.6 Å². The Hall–Kier alpha value is -2.96. The lowest BCUT2D eigenvalue weighted by atomic mass is 9.66. The van der Waals surface area contributed by atoms with Crippen molar-refractivity contribution in [2.75, 3.05) is 0 Å². The average Bonchev–Trinajstić information content (AvgIpc) is 3.12. The normalized spacial score (nSPS) is 22.6. The van der Waals surface area contributed by atoms with Crippen LogP contribution < -0.4 is 9.47 Å². The number of fused-ring (bicyclic) bond motifs is 2. The van der Waals surface area contributed by atoms with E-state index in [0.717, 1.165) is 41.6 Å². The third-order valence-corrected chi connectivity index (χ3v) is 10.6. The summed E-state index contributed by atoms with van der Waals surface area (Å²) >= 11 is 0. The van der Waals surface area contributed by atoms with E-state index in [1.54, 1.807) is 25.1 Å². The average molecular weight is 663 g/mol. The van der Waals surface area contributed by atoms with Gasteiger partial charge in [0.05, 0.1) is 16.8 Å². The van der Waals surface area contributed by atoms with Crippen molar-refractivity contribution in [3.63, 3.8) is 0 Å². The summed E-state index contributed by atoms with van der Waals surface area (Å²) in [7, 11) is -6.04. The molecule has 1 saturated heterocycles. The van der Waals surface area contributed by atoms with Gasteiger partial charge in [0.25, 0.3) is 0 Å². The number of aryl methyl sites for hydroxylation is 2. The molecular formula is C34H42BF3O7S. The maximum Gasteiger partial charge on any atom is 0.534 e. The Kier molecular flexibility index (Phi) is 8.47. The summed E-state index contributed by atoms with van der Waals surface area (Å²) < 4.78 is 89.4. The van der Waals surface area contributed by atoms with Crippen molar-refractivity contribution < 1.29 is 44.6 Å². The molecule has 2 saturated carbocycles. The van der Waals surface area contributed by atoms with Gasteiger partial charge in [0, 0.05) is 11.6 Å². The monoisotopic (exact) mass is 662 g/mol. The molecule has 3 fully saturated rings. The molecule has 0 bridgehead atoms.